The normalized spacial score (nSPS) is 14.2. The average molecular weight is 272 g/mol. The molecule has 0 fully saturated rings. The van der Waals surface area contributed by atoms with Crippen LogP contribution in [-0.4, -0.2) is 20.2 Å². The lowest BCUT2D eigenvalue weighted by atomic mass is 9.79. The van der Waals surface area contributed by atoms with Gasteiger partial charge in [0.15, 0.2) is 0 Å². The van der Waals surface area contributed by atoms with Crippen molar-refractivity contribution < 1.29 is 0 Å². The molecule has 0 saturated carbocycles. The van der Waals surface area contributed by atoms with Crippen molar-refractivity contribution in [2.24, 2.45) is 0 Å². The Hall–Kier alpha value is -1.71. The number of unbranched alkanes of at least 4 members (excludes halogenated alkanes) is 2. The minimum Gasteiger partial charge on any atom is -0.281 e. The van der Waals surface area contributed by atoms with E-state index in [1.807, 2.05) is 0 Å². The van der Waals surface area contributed by atoms with E-state index in [4.69, 9.17) is 0 Å². The maximum absolute atomic E-state index is 4.40. The summed E-state index contributed by atoms with van der Waals surface area (Å²) < 4.78 is 0. The first-order valence-electron chi connectivity index (χ1n) is 7.52. The zero-order valence-electron chi connectivity index (χ0n) is 12.7. The van der Waals surface area contributed by atoms with E-state index < -0.39 is 0 Å². The van der Waals surface area contributed by atoms with Gasteiger partial charge < -0.3 is 0 Å². The third kappa shape index (κ3) is 3.24. The van der Waals surface area contributed by atoms with Crippen LogP contribution in [-0.2, 0) is 5.41 Å². The fourth-order valence-corrected chi connectivity index (χ4v) is 2.46. The molecule has 4 nitrogen and oxygen atoms in total. The van der Waals surface area contributed by atoms with Crippen LogP contribution in [0.15, 0.2) is 24.7 Å². The van der Waals surface area contributed by atoms with E-state index >= 15 is 0 Å². The van der Waals surface area contributed by atoms with E-state index in [2.05, 4.69) is 47.0 Å². The first-order valence-corrected chi connectivity index (χ1v) is 7.52. The van der Waals surface area contributed by atoms with Gasteiger partial charge in [-0.05, 0) is 18.9 Å². The molecule has 0 aliphatic carbocycles. The van der Waals surface area contributed by atoms with Gasteiger partial charge in [0.1, 0.15) is 11.4 Å². The number of nitrogens with zero attached hydrogens (tertiary/aromatic N) is 3. The quantitative estimate of drug-likeness (QED) is 0.771. The van der Waals surface area contributed by atoms with E-state index in [0.29, 0.717) is 0 Å². The Bertz CT molecular complexity index is 520. The van der Waals surface area contributed by atoms with Gasteiger partial charge in [-0.15, -0.1) is 0 Å². The molecule has 0 spiro atoms. The van der Waals surface area contributed by atoms with Crippen LogP contribution in [0, 0.1) is 0 Å². The first-order chi connectivity index (χ1) is 9.69. The highest BCUT2D eigenvalue weighted by Crippen LogP contribution is 2.33. The zero-order chi connectivity index (χ0) is 14.4. The molecule has 0 aromatic carbocycles. The van der Waals surface area contributed by atoms with Crippen molar-refractivity contribution in [3.63, 3.8) is 0 Å². The molecular weight excluding hydrogens is 248 g/mol. The van der Waals surface area contributed by atoms with Crippen molar-refractivity contribution in [2.75, 3.05) is 0 Å². The summed E-state index contributed by atoms with van der Waals surface area (Å²) in [6.45, 7) is 6.80. The summed E-state index contributed by atoms with van der Waals surface area (Å²) in [5, 5.41) is 7.61. The standard InChI is InChI=1S/C16H24N4/c1-4-6-7-8-16(3,5-2)15-11-13(19-20-15)14-12-17-9-10-18-14/h9-12H,4-8H2,1-3H3,(H,19,20). The summed E-state index contributed by atoms with van der Waals surface area (Å²) in [4.78, 5) is 8.40. The van der Waals surface area contributed by atoms with Crippen molar-refractivity contribution in [1.82, 2.24) is 20.2 Å². The Balaban J connectivity index is 2.17. The highest BCUT2D eigenvalue weighted by atomic mass is 15.1. The Morgan fingerprint density at radius 3 is 2.65 bits per heavy atom. The molecule has 4 heteroatoms. The Morgan fingerprint density at radius 2 is 2.00 bits per heavy atom. The minimum absolute atomic E-state index is 0.169. The average Bonchev–Trinajstić information content (AvgIpc) is 2.99. The second-order valence-corrected chi connectivity index (χ2v) is 5.63. The Morgan fingerprint density at radius 1 is 1.15 bits per heavy atom. The Kier molecular flexibility index (Phi) is 4.88. The molecule has 1 unspecified atom stereocenters. The predicted octanol–water partition coefficient (Wildman–Crippen LogP) is 4.11. The summed E-state index contributed by atoms with van der Waals surface area (Å²) in [5.74, 6) is 0. The highest BCUT2D eigenvalue weighted by Gasteiger charge is 2.26. The molecule has 0 bridgehead atoms. The van der Waals surface area contributed by atoms with E-state index in [-0.39, 0.29) is 5.41 Å². The summed E-state index contributed by atoms with van der Waals surface area (Å²) in [7, 11) is 0. The predicted molar refractivity (Wildman–Crippen MR) is 81.4 cm³/mol. The van der Waals surface area contributed by atoms with Crippen molar-refractivity contribution in [3.05, 3.63) is 30.4 Å². The van der Waals surface area contributed by atoms with Gasteiger partial charge in [0.2, 0.25) is 0 Å². The van der Waals surface area contributed by atoms with Crippen LogP contribution in [0.5, 0.6) is 0 Å². The molecule has 108 valence electrons. The molecule has 1 N–H and O–H groups in total. The zero-order valence-corrected chi connectivity index (χ0v) is 12.7. The van der Waals surface area contributed by atoms with E-state index in [1.54, 1.807) is 18.6 Å². The third-order valence-electron chi connectivity index (χ3n) is 4.17. The van der Waals surface area contributed by atoms with Crippen molar-refractivity contribution in [3.8, 4) is 11.4 Å². The van der Waals surface area contributed by atoms with Crippen LogP contribution < -0.4 is 0 Å². The number of aromatic nitrogens is 4. The second-order valence-electron chi connectivity index (χ2n) is 5.63. The van der Waals surface area contributed by atoms with Gasteiger partial charge >= 0.3 is 0 Å². The van der Waals surface area contributed by atoms with E-state index in [9.17, 15) is 0 Å². The van der Waals surface area contributed by atoms with Gasteiger partial charge in [0.25, 0.3) is 0 Å². The fourth-order valence-electron chi connectivity index (χ4n) is 2.46. The Labute approximate surface area is 121 Å². The van der Waals surface area contributed by atoms with Crippen LogP contribution in [0.4, 0.5) is 0 Å². The maximum atomic E-state index is 4.40. The summed E-state index contributed by atoms with van der Waals surface area (Å²) in [6.07, 6.45) is 11.2. The summed E-state index contributed by atoms with van der Waals surface area (Å²) >= 11 is 0. The monoisotopic (exact) mass is 272 g/mol. The lowest BCUT2D eigenvalue weighted by Crippen LogP contribution is -2.21. The smallest absolute Gasteiger partial charge is 0.112 e. The van der Waals surface area contributed by atoms with E-state index in [0.717, 1.165) is 17.8 Å². The summed E-state index contributed by atoms with van der Waals surface area (Å²) in [6, 6.07) is 2.12. The molecule has 1 atom stereocenters. The molecule has 0 aliphatic heterocycles. The molecule has 20 heavy (non-hydrogen) atoms. The molecule has 0 radical (unpaired) electrons. The van der Waals surface area contributed by atoms with Gasteiger partial charge in [0.05, 0.1) is 6.20 Å². The topological polar surface area (TPSA) is 54.5 Å². The number of H-pyrrole nitrogens is 1. The maximum Gasteiger partial charge on any atom is 0.112 e. The second kappa shape index (κ2) is 6.64. The minimum atomic E-state index is 0.169. The number of rotatable bonds is 7. The highest BCUT2D eigenvalue weighted by molar-refractivity contribution is 5.53. The molecule has 0 saturated heterocycles. The van der Waals surface area contributed by atoms with Crippen molar-refractivity contribution in [2.45, 2.75) is 58.3 Å². The van der Waals surface area contributed by atoms with Gasteiger partial charge in [0, 0.05) is 23.5 Å². The van der Waals surface area contributed by atoms with Crippen molar-refractivity contribution in [1.29, 1.82) is 0 Å². The van der Waals surface area contributed by atoms with Crippen LogP contribution >= 0.6 is 0 Å². The number of aromatic amines is 1. The number of hydrogen-bond acceptors (Lipinski definition) is 3. The molecule has 2 rings (SSSR count). The van der Waals surface area contributed by atoms with Crippen LogP contribution in [0.25, 0.3) is 11.4 Å². The fraction of sp³-hybridized carbons (Fsp3) is 0.562. The molecule has 2 heterocycles. The first kappa shape index (κ1) is 14.7. The third-order valence-corrected chi connectivity index (χ3v) is 4.17. The van der Waals surface area contributed by atoms with Gasteiger partial charge in [-0.2, -0.15) is 5.10 Å². The molecule has 0 aliphatic rings. The molecule has 2 aromatic rings. The number of hydrogen-bond donors (Lipinski definition) is 1. The van der Waals surface area contributed by atoms with Gasteiger partial charge in [-0.25, -0.2) is 0 Å². The van der Waals surface area contributed by atoms with Crippen LogP contribution in [0.3, 0.4) is 0 Å². The molecule has 0 amide bonds. The molecular formula is C16H24N4. The lowest BCUT2D eigenvalue weighted by molar-refractivity contribution is 0.387. The van der Waals surface area contributed by atoms with Crippen molar-refractivity contribution >= 4 is 0 Å². The van der Waals surface area contributed by atoms with Crippen LogP contribution in [0.2, 0.25) is 0 Å². The van der Waals surface area contributed by atoms with Crippen LogP contribution in [0.1, 0.15) is 58.6 Å². The lowest BCUT2D eigenvalue weighted by Gasteiger charge is -2.26. The largest absolute Gasteiger partial charge is 0.281 e. The SMILES string of the molecule is CCCCCC(C)(CC)c1cc(-c2cnccn2)n[nH]1. The summed E-state index contributed by atoms with van der Waals surface area (Å²) in [5.41, 5.74) is 3.07. The van der Waals surface area contributed by atoms with Gasteiger partial charge in [-0.3, -0.25) is 15.1 Å². The number of nitrogens with one attached hydrogen (secondary N) is 1. The molecule has 2 aromatic heterocycles. The van der Waals surface area contributed by atoms with Gasteiger partial charge in [-0.1, -0.05) is 40.0 Å². The van der Waals surface area contributed by atoms with E-state index in [1.165, 1.54) is 31.4 Å².